The van der Waals surface area contributed by atoms with Crippen LogP contribution < -0.4 is 5.32 Å². The summed E-state index contributed by atoms with van der Waals surface area (Å²) < 4.78 is 51.2. The molecule has 1 aromatic carbocycles. The number of H-pyrrole nitrogens is 1. The lowest BCUT2D eigenvalue weighted by molar-refractivity contribution is -0.141. The molecule has 0 unspecified atom stereocenters. The number of hydrogen-bond acceptors (Lipinski definition) is 3. The van der Waals surface area contributed by atoms with E-state index in [4.69, 9.17) is 0 Å². The van der Waals surface area contributed by atoms with Crippen molar-refractivity contribution >= 4 is 11.6 Å². The third kappa shape index (κ3) is 3.59. The largest absolute Gasteiger partial charge is 0.435 e. The normalized spacial score (nSPS) is 15.6. The summed E-state index contributed by atoms with van der Waals surface area (Å²) in [6.07, 6.45) is -0.906. The summed E-state index contributed by atoms with van der Waals surface area (Å²) in [5.74, 6) is -0.612. The monoisotopic (exact) mass is 404 g/mol. The van der Waals surface area contributed by atoms with Gasteiger partial charge in [-0.1, -0.05) is 12.5 Å². The zero-order chi connectivity index (χ0) is 20.6. The zero-order valence-electron chi connectivity index (χ0n) is 15.1. The van der Waals surface area contributed by atoms with Crippen LogP contribution in [0.15, 0.2) is 48.7 Å². The van der Waals surface area contributed by atoms with Crippen LogP contribution in [0.1, 0.15) is 30.5 Å². The molecule has 0 spiro atoms. The number of hydrogen-bond donors (Lipinski definition) is 2. The number of alkyl halides is 3. The van der Waals surface area contributed by atoms with Gasteiger partial charge in [-0.15, -0.1) is 0 Å². The molecule has 1 fully saturated rings. The average molecular weight is 404 g/mol. The number of amides is 1. The number of benzene rings is 1. The fourth-order valence-electron chi connectivity index (χ4n) is 3.40. The van der Waals surface area contributed by atoms with Crippen LogP contribution in [0.25, 0.3) is 11.4 Å². The van der Waals surface area contributed by atoms with Gasteiger partial charge in [-0.2, -0.15) is 18.3 Å². The highest BCUT2D eigenvalue weighted by atomic mass is 19.4. The summed E-state index contributed by atoms with van der Waals surface area (Å²) >= 11 is 0. The molecule has 9 heteroatoms. The Kier molecular flexibility index (Phi) is 4.60. The van der Waals surface area contributed by atoms with Crippen LogP contribution in [-0.2, 0) is 16.4 Å². The lowest BCUT2D eigenvalue weighted by Gasteiger charge is -2.40. The Labute approximate surface area is 163 Å². The standard InChI is InChI=1S/C20H16F4N4O/c21-13-3-5-14(6-4-13)26-18(29)19(8-1-9-19)12-2-7-15(25-11-12)16-10-17(28-27-16)20(22,23)24/h2-7,10-11H,1,8-9H2,(H,26,29)(H,27,28). The van der Waals surface area contributed by atoms with Crippen molar-refractivity contribution in [2.75, 3.05) is 5.32 Å². The molecule has 1 aliphatic rings. The molecular formula is C20H16F4N4O. The molecule has 5 nitrogen and oxygen atoms in total. The second-order valence-corrected chi connectivity index (χ2v) is 6.99. The average Bonchev–Trinajstić information content (AvgIpc) is 3.14. The first kappa shape index (κ1) is 19.1. The van der Waals surface area contributed by atoms with Crippen LogP contribution in [0.5, 0.6) is 0 Å². The Balaban J connectivity index is 1.55. The molecule has 0 aliphatic heterocycles. The molecule has 0 radical (unpaired) electrons. The Bertz CT molecular complexity index is 1020. The maximum Gasteiger partial charge on any atom is 0.435 e. The fraction of sp³-hybridized carbons (Fsp3) is 0.250. The van der Waals surface area contributed by atoms with Crippen molar-refractivity contribution in [1.82, 2.24) is 15.2 Å². The fourth-order valence-corrected chi connectivity index (χ4v) is 3.40. The molecule has 1 aliphatic carbocycles. The number of aromatic nitrogens is 3. The molecule has 150 valence electrons. The second kappa shape index (κ2) is 6.98. The smallest absolute Gasteiger partial charge is 0.325 e. The van der Waals surface area contributed by atoms with Crippen LogP contribution in [0, 0.1) is 5.82 Å². The SMILES string of the molecule is O=C(Nc1ccc(F)cc1)C1(c2ccc(-c3cc(C(F)(F)F)n[nH]3)nc2)CCC1. The van der Waals surface area contributed by atoms with Crippen LogP contribution in [-0.4, -0.2) is 21.1 Å². The Hall–Kier alpha value is -3.23. The summed E-state index contributed by atoms with van der Waals surface area (Å²) in [7, 11) is 0. The van der Waals surface area contributed by atoms with Gasteiger partial charge in [0, 0.05) is 11.9 Å². The minimum atomic E-state index is -4.54. The van der Waals surface area contributed by atoms with E-state index in [0.717, 1.165) is 12.5 Å². The molecule has 1 amide bonds. The van der Waals surface area contributed by atoms with Crippen molar-refractivity contribution < 1.29 is 22.4 Å². The lowest BCUT2D eigenvalue weighted by atomic mass is 9.64. The number of aromatic amines is 1. The predicted octanol–water partition coefficient (Wildman–Crippen LogP) is 4.69. The Morgan fingerprint density at radius 3 is 2.34 bits per heavy atom. The minimum absolute atomic E-state index is 0.141. The number of rotatable bonds is 4. The van der Waals surface area contributed by atoms with Crippen molar-refractivity contribution in [3.05, 3.63) is 65.7 Å². The number of nitrogens with zero attached hydrogens (tertiary/aromatic N) is 2. The Morgan fingerprint density at radius 2 is 1.83 bits per heavy atom. The molecule has 29 heavy (non-hydrogen) atoms. The first-order valence-electron chi connectivity index (χ1n) is 8.94. The van der Waals surface area contributed by atoms with Gasteiger partial charge in [-0.25, -0.2) is 4.39 Å². The highest BCUT2D eigenvalue weighted by molar-refractivity contribution is 5.99. The summed E-state index contributed by atoms with van der Waals surface area (Å²) in [6.45, 7) is 0. The zero-order valence-corrected chi connectivity index (χ0v) is 15.1. The van der Waals surface area contributed by atoms with Gasteiger partial charge in [0.15, 0.2) is 5.69 Å². The quantitative estimate of drug-likeness (QED) is 0.620. The van der Waals surface area contributed by atoms with Gasteiger partial charge < -0.3 is 5.32 Å². The van der Waals surface area contributed by atoms with Gasteiger partial charge in [0.05, 0.1) is 16.8 Å². The van der Waals surface area contributed by atoms with Crippen LogP contribution in [0.4, 0.5) is 23.2 Å². The lowest BCUT2D eigenvalue weighted by Crippen LogP contribution is -2.46. The van der Waals surface area contributed by atoms with Crippen LogP contribution in [0.3, 0.4) is 0 Å². The van der Waals surface area contributed by atoms with Gasteiger partial charge in [0.2, 0.25) is 5.91 Å². The summed E-state index contributed by atoms with van der Waals surface area (Å²) in [4.78, 5) is 17.1. The van der Waals surface area contributed by atoms with Gasteiger partial charge in [-0.05, 0) is 54.8 Å². The highest BCUT2D eigenvalue weighted by Gasteiger charge is 2.46. The molecule has 2 N–H and O–H groups in total. The van der Waals surface area contributed by atoms with Gasteiger partial charge in [0.25, 0.3) is 0 Å². The van der Waals surface area contributed by atoms with Gasteiger partial charge >= 0.3 is 6.18 Å². The van der Waals surface area contributed by atoms with E-state index in [-0.39, 0.29) is 11.6 Å². The number of halogens is 4. The van der Waals surface area contributed by atoms with Gasteiger partial charge in [0.1, 0.15) is 5.82 Å². The topological polar surface area (TPSA) is 70.7 Å². The van der Waals surface area contributed by atoms with Crippen molar-refractivity contribution in [3.8, 4) is 11.4 Å². The number of carbonyl (C=O) groups excluding carboxylic acids is 1. The minimum Gasteiger partial charge on any atom is -0.325 e. The van der Waals surface area contributed by atoms with Gasteiger partial charge in [-0.3, -0.25) is 14.9 Å². The highest BCUT2D eigenvalue weighted by Crippen LogP contribution is 2.44. The molecule has 0 saturated heterocycles. The predicted molar refractivity (Wildman–Crippen MR) is 97.4 cm³/mol. The molecule has 1 saturated carbocycles. The summed E-state index contributed by atoms with van der Waals surface area (Å²) in [5.41, 5.74) is -0.169. The van der Waals surface area contributed by atoms with Crippen LogP contribution >= 0.6 is 0 Å². The molecule has 2 heterocycles. The van der Waals surface area contributed by atoms with Crippen molar-refractivity contribution in [3.63, 3.8) is 0 Å². The van der Waals surface area contributed by atoms with E-state index in [1.165, 1.54) is 30.5 Å². The molecule has 4 rings (SSSR count). The summed E-state index contributed by atoms with van der Waals surface area (Å²) in [6, 6.07) is 9.64. The first-order valence-corrected chi connectivity index (χ1v) is 8.94. The maximum atomic E-state index is 13.1. The molecule has 3 aromatic rings. The number of carbonyl (C=O) groups is 1. The number of anilines is 1. The van der Waals surface area contributed by atoms with Crippen LogP contribution in [0.2, 0.25) is 0 Å². The number of nitrogens with one attached hydrogen (secondary N) is 2. The van der Waals surface area contributed by atoms with E-state index >= 15 is 0 Å². The van der Waals surface area contributed by atoms with E-state index in [1.54, 1.807) is 12.1 Å². The molecule has 0 bridgehead atoms. The molecule has 2 aromatic heterocycles. The second-order valence-electron chi connectivity index (χ2n) is 6.99. The Morgan fingerprint density at radius 1 is 1.10 bits per heavy atom. The molecule has 0 atom stereocenters. The maximum absolute atomic E-state index is 13.1. The van der Waals surface area contributed by atoms with E-state index < -0.39 is 23.1 Å². The van der Waals surface area contributed by atoms with E-state index in [2.05, 4.69) is 20.5 Å². The summed E-state index contributed by atoms with van der Waals surface area (Å²) in [5, 5.41) is 8.40. The van der Waals surface area contributed by atoms with Crippen molar-refractivity contribution in [1.29, 1.82) is 0 Å². The van der Waals surface area contributed by atoms with Crippen molar-refractivity contribution in [2.24, 2.45) is 0 Å². The third-order valence-electron chi connectivity index (χ3n) is 5.20. The molecular weight excluding hydrogens is 388 g/mol. The van der Waals surface area contributed by atoms with E-state index in [0.29, 0.717) is 29.8 Å². The third-order valence-corrected chi connectivity index (χ3v) is 5.20. The van der Waals surface area contributed by atoms with E-state index in [1.807, 2.05) is 0 Å². The van der Waals surface area contributed by atoms with E-state index in [9.17, 15) is 22.4 Å². The van der Waals surface area contributed by atoms with Crippen molar-refractivity contribution in [2.45, 2.75) is 30.9 Å². The first-order chi connectivity index (χ1) is 13.8. The number of pyridine rings is 1.